The van der Waals surface area contributed by atoms with Crippen molar-refractivity contribution in [1.29, 1.82) is 0 Å². The first-order valence-electron chi connectivity index (χ1n) is 8.00. The number of hydrogen-bond acceptors (Lipinski definition) is 2. The third-order valence-corrected chi connectivity index (χ3v) is 4.78. The van der Waals surface area contributed by atoms with Gasteiger partial charge in [0.15, 0.2) is 0 Å². The van der Waals surface area contributed by atoms with Gasteiger partial charge in [-0.15, -0.1) is 0 Å². The zero-order valence-electron chi connectivity index (χ0n) is 12.9. The van der Waals surface area contributed by atoms with Gasteiger partial charge in [0, 0.05) is 36.9 Å². The first kappa shape index (κ1) is 15.4. The standard InChI is InChI=1S/C18H22ClNO2/c1-13-12-15(19)6-7-17(13)22-16-8-10-20(11-9-16)18(21)14-4-2-3-5-14/h2-3,6-7,12,14,16H,4-5,8-11H2,1H3. The largest absolute Gasteiger partial charge is 0.490 e. The van der Waals surface area contributed by atoms with Crippen LogP contribution >= 0.6 is 11.6 Å². The van der Waals surface area contributed by atoms with Gasteiger partial charge >= 0.3 is 0 Å². The molecule has 1 aliphatic carbocycles. The van der Waals surface area contributed by atoms with Gasteiger partial charge in [0.05, 0.1) is 0 Å². The van der Waals surface area contributed by atoms with E-state index >= 15 is 0 Å². The highest BCUT2D eigenvalue weighted by Gasteiger charge is 2.29. The summed E-state index contributed by atoms with van der Waals surface area (Å²) in [5.41, 5.74) is 1.06. The molecule has 1 saturated heterocycles. The molecule has 118 valence electrons. The van der Waals surface area contributed by atoms with Crippen molar-refractivity contribution in [3.8, 4) is 5.75 Å². The van der Waals surface area contributed by atoms with Crippen LogP contribution in [0.15, 0.2) is 30.4 Å². The SMILES string of the molecule is Cc1cc(Cl)ccc1OC1CCN(C(=O)C2CC=CC2)CC1. The molecule has 2 aliphatic rings. The van der Waals surface area contributed by atoms with E-state index in [-0.39, 0.29) is 12.0 Å². The van der Waals surface area contributed by atoms with Crippen molar-refractivity contribution < 1.29 is 9.53 Å². The van der Waals surface area contributed by atoms with Crippen molar-refractivity contribution >= 4 is 17.5 Å². The molecule has 1 aliphatic heterocycles. The minimum atomic E-state index is 0.177. The summed E-state index contributed by atoms with van der Waals surface area (Å²) in [6, 6.07) is 5.71. The topological polar surface area (TPSA) is 29.5 Å². The first-order valence-corrected chi connectivity index (χ1v) is 8.38. The van der Waals surface area contributed by atoms with E-state index in [9.17, 15) is 4.79 Å². The molecule has 0 atom stereocenters. The molecule has 1 amide bonds. The van der Waals surface area contributed by atoms with Crippen molar-refractivity contribution in [1.82, 2.24) is 4.90 Å². The van der Waals surface area contributed by atoms with Gasteiger partial charge in [-0.25, -0.2) is 0 Å². The Morgan fingerprint density at radius 2 is 1.91 bits per heavy atom. The maximum Gasteiger partial charge on any atom is 0.226 e. The summed E-state index contributed by atoms with van der Waals surface area (Å²) < 4.78 is 6.09. The number of nitrogens with zero attached hydrogens (tertiary/aromatic N) is 1. The lowest BCUT2D eigenvalue weighted by Gasteiger charge is -2.34. The van der Waals surface area contributed by atoms with Gasteiger partial charge < -0.3 is 9.64 Å². The smallest absolute Gasteiger partial charge is 0.226 e. The van der Waals surface area contributed by atoms with Crippen molar-refractivity contribution in [2.45, 2.75) is 38.7 Å². The molecule has 1 aromatic rings. The molecular formula is C18H22ClNO2. The molecule has 0 saturated carbocycles. The molecule has 0 N–H and O–H groups in total. The number of carbonyl (C=O) groups excluding carboxylic acids is 1. The number of likely N-dealkylation sites (tertiary alicyclic amines) is 1. The summed E-state index contributed by atoms with van der Waals surface area (Å²) in [4.78, 5) is 14.4. The highest BCUT2D eigenvalue weighted by molar-refractivity contribution is 6.30. The fourth-order valence-electron chi connectivity index (χ4n) is 3.20. The van der Waals surface area contributed by atoms with Crippen LogP contribution in [0.4, 0.5) is 0 Å². The Morgan fingerprint density at radius 1 is 1.23 bits per heavy atom. The Kier molecular flexibility index (Phi) is 4.72. The maximum atomic E-state index is 12.4. The van der Waals surface area contributed by atoms with Crippen molar-refractivity contribution in [2.24, 2.45) is 5.92 Å². The van der Waals surface area contributed by atoms with Gasteiger partial charge in [0.1, 0.15) is 11.9 Å². The lowest BCUT2D eigenvalue weighted by molar-refractivity contribution is -0.137. The lowest BCUT2D eigenvalue weighted by atomic mass is 10.0. The lowest BCUT2D eigenvalue weighted by Crippen LogP contribution is -2.44. The number of hydrogen-bond donors (Lipinski definition) is 0. The molecule has 4 heteroatoms. The van der Waals surface area contributed by atoms with E-state index in [0.717, 1.165) is 55.1 Å². The summed E-state index contributed by atoms with van der Waals surface area (Å²) in [7, 11) is 0. The Labute approximate surface area is 136 Å². The molecule has 1 fully saturated rings. The summed E-state index contributed by atoms with van der Waals surface area (Å²) in [5.74, 6) is 1.39. The molecule has 22 heavy (non-hydrogen) atoms. The number of carbonyl (C=O) groups is 1. The van der Waals surface area contributed by atoms with E-state index in [0.29, 0.717) is 5.91 Å². The van der Waals surface area contributed by atoms with Gasteiger partial charge in [0.25, 0.3) is 0 Å². The molecule has 1 heterocycles. The minimum Gasteiger partial charge on any atom is -0.490 e. The summed E-state index contributed by atoms with van der Waals surface area (Å²) in [5, 5.41) is 0.732. The van der Waals surface area contributed by atoms with Crippen LogP contribution in [0.25, 0.3) is 0 Å². The van der Waals surface area contributed by atoms with Gasteiger partial charge in [-0.1, -0.05) is 23.8 Å². The molecule has 0 aromatic heterocycles. The van der Waals surface area contributed by atoms with Gasteiger partial charge in [-0.2, -0.15) is 0 Å². The predicted molar refractivity (Wildman–Crippen MR) is 88.3 cm³/mol. The second-order valence-electron chi connectivity index (χ2n) is 6.19. The van der Waals surface area contributed by atoms with Crippen LogP contribution in [0.3, 0.4) is 0 Å². The molecule has 3 nitrogen and oxygen atoms in total. The minimum absolute atomic E-state index is 0.177. The zero-order valence-corrected chi connectivity index (χ0v) is 13.7. The van der Waals surface area contributed by atoms with E-state index in [4.69, 9.17) is 16.3 Å². The molecule has 0 bridgehead atoms. The predicted octanol–water partition coefficient (Wildman–Crippen LogP) is 3.98. The van der Waals surface area contributed by atoms with Crippen molar-refractivity contribution in [3.05, 3.63) is 40.9 Å². The maximum absolute atomic E-state index is 12.4. The molecule has 0 radical (unpaired) electrons. The molecular weight excluding hydrogens is 298 g/mol. The summed E-state index contributed by atoms with van der Waals surface area (Å²) in [6.07, 6.45) is 8.01. The van der Waals surface area contributed by atoms with E-state index in [1.54, 1.807) is 0 Å². The Hall–Kier alpha value is -1.48. The number of benzene rings is 1. The quantitative estimate of drug-likeness (QED) is 0.789. The molecule has 0 spiro atoms. The van der Waals surface area contributed by atoms with E-state index < -0.39 is 0 Å². The summed E-state index contributed by atoms with van der Waals surface area (Å²) in [6.45, 7) is 3.60. The van der Waals surface area contributed by atoms with Gasteiger partial charge in [-0.05, 0) is 43.5 Å². The Bertz CT molecular complexity index is 568. The van der Waals surface area contributed by atoms with Crippen LogP contribution in [-0.2, 0) is 4.79 Å². The van der Waals surface area contributed by atoms with E-state index in [2.05, 4.69) is 12.2 Å². The third-order valence-electron chi connectivity index (χ3n) is 4.54. The zero-order chi connectivity index (χ0) is 15.5. The van der Waals surface area contributed by atoms with Crippen LogP contribution in [0.2, 0.25) is 5.02 Å². The number of rotatable bonds is 3. The number of piperidine rings is 1. The fraction of sp³-hybridized carbons (Fsp3) is 0.500. The van der Waals surface area contributed by atoms with Crippen molar-refractivity contribution in [3.63, 3.8) is 0 Å². The number of aryl methyl sites for hydroxylation is 1. The first-order chi connectivity index (χ1) is 10.6. The van der Waals surface area contributed by atoms with E-state index in [1.807, 2.05) is 30.0 Å². The number of ether oxygens (including phenoxy) is 1. The van der Waals surface area contributed by atoms with Crippen LogP contribution in [-0.4, -0.2) is 30.0 Å². The van der Waals surface area contributed by atoms with Gasteiger partial charge in [-0.3, -0.25) is 4.79 Å². The number of amides is 1. The van der Waals surface area contributed by atoms with Crippen LogP contribution < -0.4 is 4.74 Å². The molecule has 1 aromatic carbocycles. The Balaban J connectivity index is 1.52. The average Bonchev–Trinajstić information content (AvgIpc) is 3.04. The Morgan fingerprint density at radius 3 is 2.55 bits per heavy atom. The highest BCUT2D eigenvalue weighted by Crippen LogP contribution is 2.27. The third kappa shape index (κ3) is 3.46. The van der Waals surface area contributed by atoms with Crippen LogP contribution in [0, 0.1) is 12.8 Å². The number of halogens is 1. The molecule has 0 unspecified atom stereocenters. The van der Waals surface area contributed by atoms with Crippen molar-refractivity contribution in [2.75, 3.05) is 13.1 Å². The highest BCUT2D eigenvalue weighted by atomic mass is 35.5. The average molecular weight is 320 g/mol. The second-order valence-corrected chi connectivity index (χ2v) is 6.63. The monoisotopic (exact) mass is 319 g/mol. The number of allylic oxidation sites excluding steroid dienone is 2. The normalized spacial score (nSPS) is 19.6. The van der Waals surface area contributed by atoms with Crippen LogP contribution in [0.5, 0.6) is 5.75 Å². The van der Waals surface area contributed by atoms with Gasteiger partial charge in [0.2, 0.25) is 5.91 Å². The van der Waals surface area contributed by atoms with Crippen LogP contribution in [0.1, 0.15) is 31.2 Å². The summed E-state index contributed by atoms with van der Waals surface area (Å²) >= 11 is 5.97. The fourth-order valence-corrected chi connectivity index (χ4v) is 3.42. The van der Waals surface area contributed by atoms with E-state index in [1.165, 1.54) is 0 Å². The second kappa shape index (κ2) is 6.74. The molecule has 3 rings (SSSR count).